The maximum absolute atomic E-state index is 12.2. The molecule has 0 amide bonds. The van der Waals surface area contributed by atoms with Gasteiger partial charge in [-0.3, -0.25) is 4.79 Å². The second kappa shape index (κ2) is 5.49. The first-order valence-corrected chi connectivity index (χ1v) is 7.07. The molecule has 0 aromatic carbocycles. The Morgan fingerprint density at radius 1 is 1.47 bits per heavy atom. The highest BCUT2D eigenvalue weighted by atomic mass is 16.5. The zero-order valence-electron chi connectivity index (χ0n) is 10.9. The van der Waals surface area contributed by atoms with Gasteiger partial charge in [-0.2, -0.15) is 0 Å². The number of ketones is 1. The fraction of sp³-hybridized carbons (Fsp3) is 0.929. The highest BCUT2D eigenvalue weighted by Crippen LogP contribution is 2.42. The summed E-state index contributed by atoms with van der Waals surface area (Å²) in [6.07, 6.45) is 8.11. The van der Waals surface area contributed by atoms with Crippen LogP contribution in [0.4, 0.5) is 0 Å². The lowest BCUT2D eigenvalue weighted by Gasteiger charge is -2.38. The normalized spacial score (nSPS) is 29.4. The number of Topliss-reactive ketones (excluding diaryl/α,β-unsaturated/α-hetero) is 1. The molecule has 1 heterocycles. The number of hydrogen-bond donors (Lipinski definition) is 1. The molecule has 17 heavy (non-hydrogen) atoms. The number of nitrogens with two attached hydrogens (primary N) is 1. The van der Waals surface area contributed by atoms with Crippen molar-refractivity contribution in [2.45, 2.75) is 69.9 Å². The zero-order valence-corrected chi connectivity index (χ0v) is 10.9. The molecule has 1 aliphatic carbocycles. The molecule has 0 radical (unpaired) electrons. The third-order valence-electron chi connectivity index (χ3n) is 4.45. The van der Waals surface area contributed by atoms with Crippen molar-refractivity contribution in [3.8, 4) is 0 Å². The first kappa shape index (κ1) is 13.0. The standard InChI is InChI=1S/C14H25NO2/c1-2-12(15)9-13(16)11-5-8-17-14(10-11)6-3-4-7-14/h11-12H,2-10,15H2,1H3. The van der Waals surface area contributed by atoms with Crippen molar-refractivity contribution in [2.75, 3.05) is 6.61 Å². The quantitative estimate of drug-likeness (QED) is 0.819. The Morgan fingerprint density at radius 2 is 2.18 bits per heavy atom. The van der Waals surface area contributed by atoms with E-state index in [-0.39, 0.29) is 17.6 Å². The number of ether oxygens (including phenoxy) is 1. The number of rotatable bonds is 4. The Bertz CT molecular complexity index is 271. The minimum atomic E-state index is 0.0462. The second-order valence-corrected chi connectivity index (χ2v) is 5.77. The van der Waals surface area contributed by atoms with Crippen LogP contribution >= 0.6 is 0 Å². The Hall–Kier alpha value is -0.410. The molecule has 2 unspecified atom stereocenters. The summed E-state index contributed by atoms with van der Waals surface area (Å²) in [4.78, 5) is 12.2. The molecule has 2 atom stereocenters. The minimum Gasteiger partial charge on any atom is -0.375 e. The van der Waals surface area contributed by atoms with Gasteiger partial charge in [0.2, 0.25) is 0 Å². The van der Waals surface area contributed by atoms with E-state index in [1.807, 2.05) is 6.92 Å². The maximum atomic E-state index is 12.2. The number of carbonyl (C=O) groups excluding carboxylic acids is 1. The molecule has 3 nitrogen and oxygen atoms in total. The molecule has 0 bridgehead atoms. The van der Waals surface area contributed by atoms with Crippen molar-refractivity contribution in [2.24, 2.45) is 11.7 Å². The minimum absolute atomic E-state index is 0.0462. The van der Waals surface area contributed by atoms with Gasteiger partial charge in [0.1, 0.15) is 5.78 Å². The topological polar surface area (TPSA) is 52.3 Å². The van der Waals surface area contributed by atoms with Gasteiger partial charge in [-0.05, 0) is 32.1 Å². The van der Waals surface area contributed by atoms with E-state index in [1.165, 1.54) is 12.8 Å². The number of carbonyl (C=O) groups is 1. The van der Waals surface area contributed by atoms with Crippen molar-refractivity contribution in [3.63, 3.8) is 0 Å². The summed E-state index contributed by atoms with van der Waals surface area (Å²) >= 11 is 0. The molecule has 2 N–H and O–H groups in total. The highest BCUT2D eigenvalue weighted by Gasteiger charge is 2.41. The van der Waals surface area contributed by atoms with Crippen LogP contribution in [0.2, 0.25) is 0 Å². The summed E-state index contributed by atoms with van der Waals surface area (Å²) in [7, 11) is 0. The van der Waals surface area contributed by atoms with Crippen LogP contribution < -0.4 is 5.73 Å². The average Bonchev–Trinajstić information content (AvgIpc) is 2.77. The molecule has 2 fully saturated rings. The van der Waals surface area contributed by atoms with Crippen molar-refractivity contribution >= 4 is 5.78 Å². The van der Waals surface area contributed by atoms with Crippen molar-refractivity contribution in [1.29, 1.82) is 0 Å². The van der Waals surface area contributed by atoms with Gasteiger partial charge in [-0.25, -0.2) is 0 Å². The van der Waals surface area contributed by atoms with Crippen LogP contribution in [0.5, 0.6) is 0 Å². The molecule has 0 aromatic heterocycles. The lowest BCUT2D eigenvalue weighted by molar-refractivity contribution is -0.136. The highest BCUT2D eigenvalue weighted by molar-refractivity contribution is 5.81. The molecule has 1 aliphatic heterocycles. The fourth-order valence-electron chi connectivity index (χ4n) is 3.24. The lowest BCUT2D eigenvalue weighted by atomic mass is 9.81. The third-order valence-corrected chi connectivity index (χ3v) is 4.45. The molecule has 0 aromatic rings. The summed E-state index contributed by atoms with van der Waals surface area (Å²) in [5, 5.41) is 0. The zero-order chi connectivity index (χ0) is 12.3. The van der Waals surface area contributed by atoms with Crippen LogP contribution in [-0.4, -0.2) is 24.0 Å². The van der Waals surface area contributed by atoms with Gasteiger partial charge in [-0.15, -0.1) is 0 Å². The molecule has 1 spiro atoms. The predicted molar refractivity (Wildman–Crippen MR) is 67.8 cm³/mol. The molecule has 2 aliphatic rings. The summed E-state index contributed by atoms with van der Waals surface area (Å²) in [6, 6.07) is 0.0462. The molecule has 98 valence electrons. The van der Waals surface area contributed by atoms with Gasteiger partial charge in [-0.1, -0.05) is 19.8 Å². The first-order chi connectivity index (χ1) is 8.15. The van der Waals surface area contributed by atoms with Gasteiger partial charge < -0.3 is 10.5 Å². The van der Waals surface area contributed by atoms with Gasteiger partial charge in [0, 0.05) is 25.0 Å². The van der Waals surface area contributed by atoms with E-state index in [0.29, 0.717) is 12.2 Å². The Labute approximate surface area is 104 Å². The van der Waals surface area contributed by atoms with Crippen molar-refractivity contribution in [1.82, 2.24) is 0 Å². The van der Waals surface area contributed by atoms with Crippen molar-refractivity contribution < 1.29 is 9.53 Å². The monoisotopic (exact) mass is 239 g/mol. The molecular weight excluding hydrogens is 214 g/mol. The smallest absolute Gasteiger partial charge is 0.137 e. The maximum Gasteiger partial charge on any atom is 0.137 e. The van der Waals surface area contributed by atoms with E-state index in [2.05, 4.69) is 0 Å². The third kappa shape index (κ3) is 3.08. The largest absolute Gasteiger partial charge is 0.375 e. The molecule has 1 saturated carbocycles. The van der Waals surface area contributed by atoms with E-state index >= 15 is 0 Å². The van der Waals surface area contributed by atoms with E-state index in [1.54, 1.807) is 0 Å². The number of hydrogen-bond acceptors (Lipinski definition) is 3. The first-order valence-electron chi connectivity index (χ1n) is 7.07. The Kier molecular flexibility index (Phi) is 4.21. The van der Waals surface area contributed by atoms with Gasteiger partial charge >= 0.3 is 0 Å². The second-order valence-electron chi connectivity index (χ2n) is 5.77. The van der Waals surface area contributed by atoms with Crippen LogP contribution in [0.1, 0.15) is 58.3 Å². The summed E-state index contributed by atoms with van der Waals surface area (Å²) in [5.41, 5.74) is 5.92. The average molecular weight is 239 g/mol. The lowest BCUT2D eigenvalue weighted by Crippen LogP contribution is -2.40. The van der Waals surface area contributed by atoms with Gasteiger partial charge in [0.25, 0.3) is 0 Å². The van der Waals surface area contributed by atoms with E-state index in [0.717, 1.165) is 38.7 Å². The van der Waals surface area contributed by atoms with Gasteiger partial charge in [0.15, 0.2) is 0 Å². The molecule has 1 saturated heterocycles. The molecule has 3 heteroatoms. The van der Waals surface area contributed by atoms with E-state index < -0.39 is 0 Å². The van der Waals surface area contributed by atoms with Crippen LogP contribution in [0.25, 0.3) is 0 Å². The summed E-state index contributed by atoms with van der Waals surface area (Å²) in [5.74, 6) is 0.577. The van der Waals surface area contributed by atoms with Crippen LogP contribution in [-0.2, 0) is 9.53 Å². The van der Waals surface area contributed by atoms with Crippen molar-refractivity contribution in [3.05, 3.63) is 0 Å². The Morgan fingerprint density at radius 3 is 2.82 bits per heavy atom. The summed E-state index contributed by atoms with van der Waals surface area (Å²) < 4.78 is 5.95. The predicted octanol–water partition coefficient (Wildman–Crippen LogP) is 2.42. The van der Waals surface area contributed by atoms with E-state index in [9.17, 15) is 4.79 Å². The van der Waals surface area contributed by atoms with Crippen LogP contribution in [0, 0.1) is 5.92 Å². The molecule has 2 rings (SSSR count). The van der Waals surface area contributed by atoms with E-state index in [4.69, 9.17) is 10.5 Å². The van der Waals surface area contributed by atoms with Gasteiger partial charge in [0.05, 0.1) is 5.60 Å². The fourth-order valence-corrected chi connectivity index (χ4v) is 3.24. The van der Waals surface area contributed by atoms with Crippen LogP contribution in [0.15, 0.2) is 0 Å². The molecular formula is C14H25NO2. The van der Waals surface area contributed by atoms with Crippen LogP contribution in [0.3, 0.4) is 0 Å². The Balaban J connectivity index is 1.90. The SMILES string of the molecule is CCC(N)CC(=O)C1CCOC2(CCCC2)C1. The summed E-state index contributed by atoms with van der Waals surface area (Å²) in [6.45, 7) is 2.80.